The maximum atomic E-state index is 13.2. The molecule has 1 saturated heterocycles. The number of methoxy groups -OCH3 is 1. The Kier molecular flexibility index (Phi) is 5.14. The van der Waals surface area contributed by atoms with Crippen molar-refractivity contribution in [2.75, 3.05) is 7.11 Å². The smallest absolute Gasteiger partial charge is 0.466 e. The zero-order chi connectivity index (χ0) is 19.8. The average Bonchev–Trinajstić information content (AvgIpc) is 3.16. The molecule has 0 saturated carbocycles. The summed E-state index contributed by atoms with van der Waals surface area (Å²) in [5.41, 5.74) is 0.467. The van der Waals surface area contributed by atoms with E-state index in [1.54, 1.807) is 29.2 Å². The SMILES string of the molecule is COC(=O)CC(B1OC(C)(C)C(C)(C)O1)c1cnn(-c2ccc(F)cc2)c1. The van der Waals surface area contributed by atoms with Crippen LogP contribution in [0.2, 0.25) is 0 Å². The molecule has 1 aromatic carbocycles. The highest BCUT2D eigenvalue weighted by molar-refractivity contribution is 6.48. The van der Waals surface area contributed by atoms with Crippen LogP contribution in [0.25, 0.3) is 5.69 Å². The molecule has 0 N–H and O–H groups in total. The summed E-state index contributed by atoms with van der Waals surface area (Å²) in [4.78, 5) is 12.0. The largest absolute Gasteiger partial charge is 0.469 e. The zero-order valence-corrected chi connectivity index (χ0v) is 16.2. The van der Waals surface area contributed by atoms with Gasteiger partial charge in [-0.3, -0.25) is 4.79 Å². The predicted octanol–water partition coefficient (Wildman–Crippen LogP) is 3.29. The first kappa shape index (κ1) is 19.6. The third kappa shape index (κ3) is 3.91. The molecule has 144 valence electrons. The van der Waals surface area contributed by atoms with Crippen LogP contribution in [0.15, 0.2) is 36.7 Å². The number of nitrogens with zero attached hydrogens (tertiary/aromatic N) is 2. The average molecular weight is 374 g/mol. The summed E-state index contributed by atoms with van der Waals surface area (Å²) in [5.74, 6) is -1.05. The predicted molar refractivity (Wildman–Crippen MR) is 99.0 cm³/mol. The molecule has 1 unspecified atom stereocenters. The van der Waals surface area contributed by atoms with Crippen molar-refractivity contribution >= 4 is 13.1 Å². The molecule has 1 fully saturated rings. The summed E-state index contributed by atoms with van der Waals surface area (Å²) >= 11 is 0. The number of rotatable bonds is 5. The summed E-state index contributed by atoms with van der Waals surface area (Å²) in [5, 5.41) is 4.35. The van der Waals surface area contributed by atoms with Gasteiger partial charge in [0, 0.05) is 12.0 Å². The quantitative estimate of drug-likeness (QED) is 0.594. The van der Waals surface area contributed by atoms with E-state index < -0.39 is 18.3 Å². The number of carbonyl (C=O) groups excluding carboxylic acids is 1. The van der Waals surface area contributed by atoms with Crippen LogP contribution in [-0.4, -0.2) is 41.2 Å². The Morgan fingerprint density at radius 3 is 2.37 bits per heavy atom. The second-order valence-electron chi connectivity index (χ2n) is 7.71. The fourth-order valence-electron chi connectivity index (χ4n) is 2.95. The summed E-state index contributed by atoms with van der Waals surface area (Å²) in [6.07, 6.45) is 3.57. The summed E-state index contributed by atoms with van der Waals surface area (Å²) in [6, 6.07) is 6.01. The molecule has 0 aliphatic carbocycles. The van der Waals surface area contributed by atoms with Gasteiger partial charge in [0.25, 0.3) is 0 Å². The number of hydrogen-bond donors (Lipinski definition) is 0. The number of aromatic nitrogens is 2. The summed E-state index contributed by atoms with van der Waals surface area (Å²) in [7, 11) is 0.742. The Labute approximate surface area is 158 Å². The lowest BCUT2D eigenvalue weighted by molar-refractivity contribution is -0.140. The van der Waals surface area contributed by atoms with Crippen LogP contribution in [-0.2, 0) is 18.8 Å². The number of halogens is 1. The van der Waals surface area contributed by atoms with Gasteiger partial charge < -0.3 is 14.0 Å². The van der Waals surface area contributed by atoms with Gasteiger partial charge in [-0.1, -0.05) is 0 Å². The van der Waals surface area contributed by atoms with E-state index in [0.717, 1.165) is 5.56 Å². The lowest BCUT2D eigenvalue weighted by Gasteiger charge is -2.32. The molecule has 1 aliphatic rings. The van der Waals surface area contributed by atoms with Crippen LogP contribution in [0.4, 0.5) is 4.39 Å². The highest BCUT2D eigenvalue weighted by Gasteiger charge is 2.54. The molecule has 8 heteroatoms. The Hall–Kier alpha value is -2.19. The summed E-state index contributed by atoms with van der Waals surface area (Å²) in [6.45, 7) is 7.85. The molecule has 0 amide bonds. The first-order chi connectivity index (χ1) is 12.6. The monoisotopic (exact) mass is 374 g/mol. The van der Waals surface area contributed by atoms with Crippen molar-refractivity contribution in [3.8, 4) is 5.69 Å². The summed E-state index contributed by atoms with van der Waals surface area (Å²) < 4.78 is 31.9. The van der Waals surface area contributed by atoms with Crippen molar-refractivity contribution in [1.29, 1.82) is 0 Å². The highest BCUT2D eigenvalue weighted by Crippen LogP contribution is 2.41. The van der Waals surface area contributed by atoms with E-state index in [-0.39, 0.29) is 24.0 Å². The van der Waals surface area contributed by atoms with Crippen molar-refractivity contribution in [3.05, 3.63) is 48.0 Å². The molecule has 0 spiro atoms. The molecule has 2 heterocycles. The fourth-order valence-corrected chi connectivity index (χ4v) is 2.95. The van der Waals surface area contributed by atoms with E-state index in [0.29, 0.717) is 5.69 Å². The minimum atomic E-state index is -0.611. The lowest BCUT2D eigenvalue weighted by atomic mass is 9.67. The van der Waals surface area contributed by atoms with E-state index >= 15 is 0 Å². The van der Waals surface area contributed by atoms with E-state index in [9.17, 15) is 9.18 Å². The molecule has 0 bridgehead atoms. The Balaban J connectivity index is 1.90. The number of ether oxygens (including phenoxy) is 1. The van der Waals surface area contributed by atoms with Crippen molar-refractivity contribution < 1.29 is 23.2 Å². The maximum Gasteiger partial charge on any atom is 0.466 e. The van der Waals surface area contributed by atoms with E-state index in [2.05, 4.69) is 5.10 Å². The highest BCUT2D eigenvalue weighted by atomic mass is 19.1. The molecular formula is C19H24BFN2O4. The van der Waals surface area contributed by atoms with E-state index in [1.165, 1.54) is 19.2 Å². The van der Waals surface area contributed by atoms with Crippen LogP contribution >= 0.6 is 0 Å². The van der Waals surface area contributed by atoms with Gasteiger partial charge in [-0.15, -0.1) is 0 Å². The van der Waals surface area contributed by atoms with Gasteiger partial charge in [0.15, 0.2) is 0 Å². The normalized spacial score (nSPS) is 19.1. The van der Waals surface area contributed by atoms with Crippen LogP contribution in [0.3, 0.4) is 0 Å². The van der Waals surface area contributed by atoms with Crippen molar-refractivity contribution in [3.63, 3.8) is 0 Å². The number of hydrogen-bond acceptors (Lipinski definition) is 5. The fraction of sp³-hybridized carbons (Fsp3) is 0.474. The third-order valence-electron chi connectivity index (χ3n) is 5.34. The second kappa shape index (κ2) is 7.09. The van der Waals surface area contributed by atoms with E-state index in [1.807, 2.05) is 27.7 Å². The third-order valence-corrected chi connectivity index (χ3v) is 5.34. The molecular weight excluding hydrogens is 350 g/mol. The van der Waals surface area contributed by atoms with Crippen LogP contribution in [0.1, 0.15) is 45.5 Å². The van der Waals surface area contributed by atoms with Crippen molar-refractivity contribution in [2.45, 2.75) is 51.1 Å². The molecule has 1 aliphatic heterocycles. The number of esters is 1. The molecule has 1 atom stereocenters. The van der Waals surface area contributed by atoms with Gasteiger partial charge in [0.1, 0.15) is 5.82 Å². The molecule has 2 aromatic rings. The van der Waals surface area contributed by atoms with Crippen LogP contribution in [0, 0.1) is 5.82 Å². The van der Waals surface area contributed by atoms with Crippen molar-refractivity contribution in [2.24, 2.45) is 0 Å². The van der Waals surface area contributed by atoms with Crippen molar-refractivity contribution in [1.82, 2.24) is 9.78 Å². The van der Waals surface area contributed by atoms with Gasteiger partial charge in [-0.2, -0.15) is 5.10 Å². The molecule has 3 rings (SSSR count). The van der Waals surface area contributed by atoms with Crippen LogP contribution < -0.4 is 0 Å². The lowest BCUT2D eigenvalue weighted by Crippen LogP contribution is -2.41. The topological polar surface area (TPSA) is 62.6 Å². The zero-order valence-electron chi connectivity index (χ0n) is 16.2. The van der Waals surface area contributed by atoms with Gasteiger partial charge in [0.2, 0.25) is 0 Å². The Bertz CT molecular complexity index is 803. The standard InChI is InChI=1S/C19H24BFN2O4/c1-18(2)19(3,4)27-20(26-18)16(10-17(24)25-5)13-11-22-23(12-13)15-8-6-14(21)7-9-15/h6-9,11-12,16H,10H2,1-5H3. The number of benzene rings is 1. The van der Waals surface area contributed by atoms with Gasteiger partial charge in [-0.25, -0.2) is 9.07 Å². The minimum Gasteiger partial charge on any atom is -0.469 e. The van der Waals surface area contributed by atoms with Gasteiger partial charge in [-0.05, 0) is 57.5 Å². The molecule has 6 nitrogen and oxygen atoms in total. The molecule has 0 radical (unpaired) electrons. The first-order valence-corrected chi connectivity index (χ1v) is 8.86. The maximum absolute atomic E-state index is 13.2. The number of carbonyl (C=O) groups is 1. The Morgan fingerprint density at radius 1 is 1.22 bits per heavy atom. The second-order valence-corrected chi connectivity index (χ2v) is 7.71. The van der Waals surface area contributed by atoms with E-state index in [4.69, 9.17) is 14.0 Å². The Morgan fingerprint density at radius 2 is 1.81 bits per heavy atom. The first-order valence-electron chi connectivity index (χ1n) is 8.86. The van der Waals surface area contributed by atoms with Gasteiger partial charge in [0.05, 0.1) is 36.6 Å². The molecule has 27 heavy (non-hydrogen) atoms. The minimum absolute atomic E-state index is 0.0996. The van der Waals surface area contributed by atoms with Crippen LogP contribution in [0.5, 0.6) is 0 Å². The van der Waals surface area contributed by atoms with Gasteiger partial charge >= 0.3 is 13.1 Å². The molecule has 1 aromatic heterocycles.